The highest BCUT2D eigenvalue weighted by atomic mass is 16.6. The molecule has 26 heavy (non-hydrogen) atoms. The van der Waals surface area contributed by atoms with Crippen LogP contribution in [0.5, 0.6) is 0 Å². The zero-order valence-corrected chi connectivity index (χ0v) is 17.6. The molecule has 154 valence electrons. The molecule has 0 aliphatic rings. The first-order valence-corrected chi connectivity index (χ1v) is 10.5. The maximum Gasteiger partial charge on any atom is 0.307 e. The summed E-state index contributed by atoms with van der Waals surface area (Å²) in [6, 6.07) is 0. The van der Waals surface area contributed by atoms with E-state index >= 15 is 0 Å². The maximum atomic E-state index is 12.0. The molecule has 0 aromatic rings. The van der Waals surface area contributed by atoms with Crippen molar-refractivity contribution in [3.63, 3.8) is 0 Å². The first kappa shape index (κ1) is 24.9. The Labute approximate surface area is 160 Å². The Bertz CT molecular complexity index is 377. The number of aliphatic carboxylic acids is 1. The fourth-order valence-electron chi connectivity index (χ4n) is 3.13. The van der Waals surface area contributed by atoms with Crippen LogP contribution in [-0.2, 0) is 14.3 Å². The fraction of sp³-hybridized carbons (Fsp3) is 0.905. The largest absolute Gasteiger partial charge is 0.481 e. The highest BCUT2D eigenvalue weighted by Crippen LogP contribution is 2.13. The van der Waals surface area contributed by atoms with Gasteiger partial charge in [0.2, 0.25) is 0 Å². The molecule has 0 spiro atoms. The molecule has 0 saturated carbocycles. The Kier molecular flexibility index (Phi) is 14.4. The van der Waals surface area contributed by atoms with Gasteiger partial charge in [0.1, 0.15) is 6.54 Å². The third-order valence-corrected chi connectivity index (χ3v) is 4.44. The molecular weight excluding hydrogens is 333 g/mol. The highest BCUT2D eigenvalue weighted by Gasteiger charge is 2.24. The average Bonchev–Trinajstić information content (AvgIpc) is 2.50. The maximum absolute atomic E-state index is 12.0. The van der Waals surface area contributed by atoms with E-state index in [-0.39, 0.29) is 12.4 Å². The van der Waals surface area contributed by atoms with Crippen LogP contribution in [-0.4, -0.2) is 55.3 Å². The number of carbonyl (C=O) groups is 2. The standard InChI is InChI=1S/C21H41NO4/c1-5-6-7-8-9-10-11-12-13-14-15-16-21(25)26-19(17-20(23)24)18-22(2,3)4/h19H,5-18H2,1-4H3/p+1/t19-/m1/s1/i15+1,16+1,21+1. The number of esters is 1. The van der Waals surface area contributed by atoms with Gasteiger partial charge in [-0.2, -0.15) is 0 Å². The Hall–Kier alpha value is -1.10. The smallest absolute Gasteiger partial charge is 0.307 e. The van der Waals surface area contributed by atoms with Gasteiger partial charge >= 0.3 is 11.9 Å². The fourth-order valence-corrected chi connectivity index (χ4v) is 3.13. The molecule has 5 heteroatoms. The van der Waals surface area contributed by atoms with Gasteiger partial charge in [0, 0.05) is 6.42 Å². The van der Waals surface area contributed by atoms with Gasteiger partial charge in [-0.05, 0) is 6.42 Å². The molecule has 0 aromatic heterocycles. The zero-order chi connectivity index (χ0) is 19.8. The minimum Gasteiger partial charge on any atom is -0.481 e. The number of quaternary nitrogens is 1. The Morgan fingerprint density at radius 3 is 1.73 bits per heavy atom. The van der Waals surface area contributed by atoms with Crippen LogP contribution in [0, 0.1) is 0 Å². The second kappa shape index (κ2) is 15.0. The Balaban J connectivity index is 3.72. The topological polar surface area (TPSA) is 63.6 Å². The summed E-state index contributed by atoms with van der Waals surface area (Å²) in [5.41, 5.74) is 0. The number of likely N-dealkylation sites (N-methyl/N-ethyl adjacent to an activating group) is 1. The molecular formula is C21H42NO4+. The number of hydrogen-bond acceptors (Lipinski definition) is 3. The van der Waals surface area contributed by atoms with Gasteiger partial charge in [-0.15, -0.1) is 0 Å². The third-order valence-electron chi connectivity index (χ3n) is 4.44. The number of carbonyl (C=O) groups excluding carboxylic acids is 1. The van der Waals surface area contributed by atoms with Gasteiger partial charge in [-0.25, -0.2) is 0 Å². The van der Waals surface area contributed by atoms with Gasteiger partial charge in [0.25, 0.3) is 0 Å². The molecule has 0 saturated heterocycles. The number of carboxylic acid groups (broad SMARTS) is 1. The molecule has 0 fully saturated rings. The lowest BCUT2D eigenvalue weighted by atomic mass is 10.1. The first-order chi connectivity index (χ1) is 12.2. The number of hydrogen-bond donors (Lipinski definition) is 1. The van der Waals surface area contributed by atoms with Crippen molar-refractivity contribution < 1.29 is 23.9 Å². The summed E-state index contributed by atoms with van der Waals surface area (Å²) in [6.07, 6.45) is 13.4. The summed E-state index contributed by atoms with van der Waals surface area (Å²) in [6.45, 7) is 2.75. The lowest BCUT2D eigenvalue weighted by Crippen LogP contribution is -2.43. The van der Waals surface area contributed by atoms with E-state index in [0.29, 0.717) is 17.4 Å². The third kappa shape index (κ3) is 17.7. The van der Waals surface area contributed by atoms with Crippen LogP contribution in [0.25, 0.3) is 0 Å². The number of ether oxygens (including phenoxy) is 1. The summed E-state index contributed by atoms with van der Waals surface area (Å²) in [5.74, 6) is -1.19. The molecule has 0 heterocycles. The van der Waals surface area contributed by atoms with E-state index < -0.39 is 12.1 Å². The van der Waals surface area contributed by atoms with Crippen molar-refractivity contribution in [2.24, 2.45) is 0 Å². The summed E-state index contributed by atoms with van der Waals surface area (Å²) >= 11 is 0. The molecule has 1 N–H and O–H groups in total. The quantitative estimate of drug-likeness (QED) is 0.172. The van der Waals surface area contributed by atoms with Crippen LogP contribution in [0.4, 0.5) is 0 Å². The van der Waals surface area contributed by atoms with Gasteiger partial charge in [0.15, 0.2) is 6.10 Å². The van der Waals surface area contributed by atoms with Crippen LogP contribution >= 0.6 is 0 Å². The Morgan fingerprint density at radius 1 is 0.846 bits per heavy atom. The molecule has 1 atom stereocenters. The highest BCUT2D eigenvalue weighted by molar-refractivity contribution is 5.71. The predicted octanol–water partition coefficient (Wildman–Crippen LogP) is 4.78. The van der Waals surface area contributed by atoms with Crippen LogP contribution in [0.2, 0.25) is 0 Å². The summed E-state index contributed by atoms with van der Waals surface area (Å²) < 4.78 is 5.97. The van der Waals surface area contributed by atoms with E-state index in [9.17, 15) is 9.59 Å². The molecule has 5 nitrogen and oxygen atoms in total. The molecule has 0 aromatic carbocycles. The first-order valence-electron chi connectivity index (χ1n) is 10.5. The van der Waals surface area contributed by atoms with Gasteiger partial charge in [0.05, 0.1) is 27.6 Å². The van der Waals surface area contributed by atoms with E-state index in [2.05, 4.69) is 6.92 Å². The van der Waals surface area contributed by atoms with Crippen LogP contribution in [0.15, 0.2) is 0 Å². The molecule has 0 amide bonds. The van der Waals surface area contributed by atoms with Crippen molar-refractivity contribution in [3.05, 3.63) is 0 Å². The second-order valence-corrected chi connectivity index (χ2v) is 8.47. The minimum atomic E-state index is -0.925. The van der Waals surface area contributed by atoms with E-state index in [1.807, 2.05) is 21.1 Å². The SMILES string of the molecule is CCCCCCCCCCC[13CH2][13CH2][13C](=O)O[C@H](CC(=O)O)C[N+](C)(C)C. The normalized spacial score (nSPS) is 12.8. The van der Waals surface area contributed by atoms with Crippen LogP contribution in [0.3, 0.4) is 0 Å². The summed E-state index contributed by atoms with van der Waals surface area (Å²) in [5, 5.41) is 8.97. The molecule has 0 aliphatic heterocycles. The molecule has 0 aliphatic carbocycles. The number of nitrogens with zero attached hydrogens (tertiary/aromatic N) is 1. The minimum absolute atomic E-state index is 0.125. The molecule has 0 bridgehead atoms. The van der Waals surface area contributed by atoms with Crippen molar-refractivity contribution in [1.29, 1.82) is 0 Å². The summed E-state index contributed by atoms with van der Waals surface area (Å²) in [7, 11) is 5.89. The van der Waals surface area contributed by atoms with Gasteiger partial charge in [-0.1, -0.05) is 71.1 Å². The van der Waals surface area contributed by atoms with Crippen molar-refractivity contribution in [1.82, 2.24) is 0 Å². The Morgan fingerprint density at radius 2 is 1.31 bits per heavy atom. The van der Waals surface area contributed by atoms with Crippen molar-refractivity contribution in [2.75, 3.05) is 27.7 Å². The van der Waals surface area contributed by atoms with E-state index in [0.717, 1.165) is 12.8 Å². The number of unbranched alkanes of at least 4 members (excludes halogenated alkanes) is 10. The molecule has 0 unspecified atom stereocenters. The van der Waals surface area contributed by atoms with E-state index in [4.69, 9.17) is 9.84 Å². The van der Waals surface area contributed by atoms with Crippen LogP contribution in [0.1, 0.15) is 90.4 Å². The number of carboxylic acids is 1. The van der Waals surface area contributed by atoms with Crippen molar-refractivity contribution in [3.8, 4) is 0 Å². The zero-order valence-electron chi connectivity index (χ0n) is 17.6. The van der Waals surface area contributed by atoms with Crippen molar-refractivity contribution in [2.45, 2.75) is 96.5 Å². The summed E-state index contributed by atoms with van der Waals surface area (Å²) in [4.78, 5) is 22.9. The predicted molar refractivity (Wildman–Crippen MR) is 106 cm³/mol. The van der Waals surface area contributed by atoms with E-state index in [1.54, 1.807) is 0 Å². The van der Waals surface area contributed by atoms with Crippen LogP contribution < -0.4 is 0 Å². The molecule has 0 rings (SSSR count). The average molecular weight is 376 g/mol. The van der Waals surface area contributed by atoms with E-state index in [1.165, 1.54) is 57.8 Å². The van der Waals surface area contributed by atoms with Crippen molar-refractivity contribution >= 4 is 11.9 Å². The second-order valence-electron chi connectivity index (χ2n) is 8.47. The number of rotatable bonds is 17. The molecule has 0 radical (unpaired) electrons. The lowest BCUT2D eigenvalue weighted by molar-refractivity contribution is -0.873. The monoisotopic (exact) mass is 375 g/mol. The van der Waals surface area contributed by atoms with Gasteiger partial charge in [-0.3, -0.25) is 9.59 Å². The lowest BCUT2D eigenvalue weighted by Gasteiger charge is -2.28. The van der Waals surface area contributed by atoms with Gasteiger partial charge < -0.3 is 14.3 Å².